The number of para-hydroxylation sites is 1. The number of aromatic nitrogens is 2. The molecule has 5 nitrogen and oxygen atoms in total. The van der Waals surface area contributed by atoms with E-state index in [0.717, 1.165) is 42.4 Å². The number of carboxylic acid groups (broad SMARTS) is 1. The average Bonchev–Trinajstić information content (AvgIpc) is 2.76. The van der Waals surface area contributed by atoms with Crippen molar-refractivity contribution in [2.75, 3.05) is 6.54 Å². The van der Waals surface area contributed by atoms with Crippen LogP contribution in [0.2, 0.25) is 0 Å². The van der Waals surface area contributed by atoms with E-state index in [4.69, 9.17) is 0 Å². The van der Waals surface area contributed by atoms with E-state index < -0.39 is 5.97 Å². The van der Waals surface area contributed by atoms with Gasteiger partial charge in [0.05, 0.1) is 11.2 Å². The Morgan fingerprint density at radius 2 is 2.20 bits per heavy atom. The van der Waals surface area contributed by atoms with Crippen molar-refractivity contribution in [1.29, 1.82) is 0 Å². The van der Waals surface area contributed by atoms with Gasteiger partial charge < -0.3 is 5.11 Å². The molecule has 2 heterocycles. The molecule has 1 fully saturated rings. The molecule has 1 aliphatic rings. The highest BCUT2D eigenvalue weighted by atomic mass is 16.4. The molecule has 1 saturated heterocycles. The Morgan fingerprint density at radius 1 is 1.40 bits per heavy atom. The summed E-state index contributed by atoms with van der Waals surface area (Å²) in [6.07, 6.45) is 2.80. The third kappa shape index (κ3) is 2.29. The Kier molecular flexibility index (Phi) is 3.44. The third-order valence-electron chi connectivity index (χ3n) is 4.09. The molecule has 1 aromatic carbocycles. The van der Waals surface area contributed by atoms with Gasteiger partial charge in [-0.2, -0.15) is 5.10 Å². The fourth-order valence-corrected chi connectivity index (χ4v) is 3.06. The van der Waals surface area contributed by atoms with Gasteiger partial charge in [0.25, 0.3) is 0 Å². The van der Waals surface area contributed by atoms with Crippen LogP contribution in [0, 0.1) is 0 Å². The van der Waals surface area contributed by atoms with Crippen molar-refractivity contribution >= 4 is 16.9 Å². The molecule has 1 unspecified atom stereocenters. The third-order valence-corrected chi connectivity index (χ3v) is 4.09. The summed E-state index contributed by atoms with van der Waals surface area (Å²) in [6, 6.07) is 7.71. The summed E-state index contributed by atoms with van der Waals surface area (Å²) in [5.74, 6) is -0.718. The highest BCUT2D eigenvalue weighted by Gasteiger charge is 2.29. The first-order valence-corrected chi connectivity index (χ1v) is 7.04. The van der Waals surface area contributed by atoms with Gasteiger partial charge in [0.15, 0.2) is 0 Å². The lowest BCUT2D eigenvalue weighted by Crippen LogP contribution is -2.44. The molecule has 5 heteroatoms. The minimum Gasteiger partial charge on any atom is -0.480 e. The summed E-state index contributed by atoms with van der Waals surface area (Å²) in [7, 11) is 1.93. The van der Waals surface area contributed by atoms with E-state index in [2.05, 4.69) is 11.2 Å². The van der Waals surface area contributed by atoms with Crippen molar-refractivity contribution in [2.24, 2.45) is 7.05 Å². The van der Waals surface area contributed by atoms with Gasteiger partial charge in [0.1, 0.15) is 6.04 Å². The van der Waals surface area contributed by atoms with Gasteiger partial charge >= 0.3 is 5.97 Å². The lowest BCUT2D eigenvalue weighted by molar-refractivity contribution is -0.144. The van der Waals surface area contributed by atoms with Gasteiger partial charge in [-0.05, 0) is 25.5 Å². The van der Waals surface area contributed by atoms with Gasteiger partial charge in [-0.1, -0.05) is 24.6 Å². The zero-order chi connectivity index (χ0) is 14.1. The summed E-state index contributed by atoms with van der Waals surface area (Å²) in [5, 5.41) is 15.0. The Labute approximate surface area is 117 Å². The normalized spacial score (nSPS) is 20.4. The quantitative estimate of drug-likeness (QED) is 0.929. The molecule has 1 aromatic heterocycles. The topological polar surface area (TPSA) is 58.4 Å². The number of carboxylic acids is 1. The Bertz CT molecular complexity index is 635. The molecule has 20 heavy (non-hydrogen) atoms. The number of aliphatic carboxylic acids is 1. The number of rotatable bonds is 3. The van der Waals surface area contributed by atoms with E-state index in [0.29, 0.717) is 6.54 Å². The Balaban J connectivity index is 1.90. The fourth-order valence-electron chi connectivity index (χ4n) is 3.06. The van der Waals surface area contributed by atoms with Gasteiger partial charge in [0.2, 0.25) is 0 Å². The van der Waals surface area contributed by atoms with Gasteiger partial charge in [-0.15, -0.1) is 0 Å². The smallest absolute Gasteiger partial charge is 0.320 e. The lowest BCUT2D eigenvalue weighted by Gasteiger charge is -2.32. The van der Waals surface area contributed by atoms with Crippen molar-refractivity contribution in [3.63, 3.8) is 0 Å². The van der Waals surface area contributed by atoms with Crippen LogP contribution in [0.1, 0.15) is 25.0 Å². The molecule has 0 spiro atoms. The van der Waals surface area contributed by atoms with Crippen LogP contribution >= 0.6 is 0 Å². The maximum Gasteiger partial charge on any atom is 0.320 e. The van der Waals surface area contributed by atoms with Crippen LogP contribution in [0.5, 0.6) is 0 Å². The number of fused-ring (bicyclic) bond motifs is 1. The van der Waals surface area contributed by atoms with Crippen LogP contribution < -0.4 is 0 Å². The number of hydrogen-bond donors (Lipinski definition) is 1. The zero-order valence-electron chi connectivity index (χ0n) is 11.6. The summed E-state index contributed by atoms with van der Waals surface area (Å²) < 4.78 is 1.87. The Morgan fingerprint density at radius 3 is 3.00 bits per heavy atom. The minimum atomic E-state index is -0.718. The number of aryl methyl sites for hydroxylation is 1. The molecule has 2 aromatic rings. The molecule has 1 aliphatic heterocycles. The van der Waals surface area contributed by atoms with Crippen LogP contribution in [0.15, 0.2) is 24.3 Å². The lowest BCUT2D eigenvalue weighted by atomic mass is 10.0. The molecule has 1 atom stereocenters. The monoisotopic (exact) mass is 273 g/mol. The number of likely N-dealkylation sites (tertiary alicyclic amines) is 1. The molecule has 0 saturated carbocycles. The predicted molar refractivity (Wildman–Crippen MR) is 76.4 cm³/mol. The van der Waals surface area contributed by atoms with Crippen molar-refractivity contribution in [1.82, 2.24) is 14.7 Å². The van der Waals surface area contributed by atoms with Crippen LogP contribution in [0.4, 0.5) is 0 Å². The van der Waals surface area contributed by atoms with Crippen LogP contribution in [0.25, 0.3) is 10.9 Å². The standard InChI is InChI=1S/C15H19N3O2/c1-17-13-7-3-2-6-11(13)12(16-17)10-18-9-5-4-8-14(18)15(19)20/h2-3,6-7,14H,4-5,8-10H2,1H3,(H,19,20). The second-order valence-corrected chi connectivity index (χ2v) is 5.41. The van der Waals surface area contributed by atoms with E-state index in [9.17, 15) is 9.90 Å². The first kappa shape index (κ1) is 13.1. The number of carbonyl (C=O) groups is 1. The molecule has 0 amide bonds. The van der Waals surface area contributed by atoms with Crippen molar-refractivity contribution in [3.8, 4) is 0 Å². The Hall–Kier alpha value is -1.88. The van der Waals surface area contributed by atoms with Crippen molar-refractivity contribution < 1.29 is 9.90 Å². The number of hydrogen-bond acceptors (Lipinski definition) is 3. The molecule has 0 bridgehead atoms. The largest absolute Gasteiger partial charge is 0.480 e. The summed E-state index contributed by atoms with van der Waals surface area (Å²) in [4.78, 5) is 13.4. The molecule has 106 valence electrons. The number of benzene rings is 1. The van der Waals surface area contributed by atoms with Gasteiger partial charge in [0, 0.05) is 19.0 Å². The first-order chi connectivity index (χ1) is 9.66. The van der Waals surface area contributed by atoms with E-state index in [1.54, 1.807) is 0 Å². The summed E-state index contributed by atoms with van der Waals surface area (Å²) >= 11 is 0. The maximum atomic E-state index is 11.4. The molecule has 0 aliphatic carbocycles. The van der Waals surface area contributed by atoms with Crippen LogP contribution in [-0.2, 0) is 18.4 Å². The highest BCUT2D eigenvalue weighted by Crippen LogP contribution is 2.23. The second kappa shape index (κ2) is 5.25. The van der Waals surface area contributed by atoms with Crippen molar-refractivity contribution in [3.05, 3.63) is 30.0 Å². The summed E-state index contributed by atoms with van der Waals surface area (Å²) in [5.41, 5.74) is 2.06. The molecular weight excluding hydrogens is 254 g/mol. The van der Waals surface area contributed by atoms with Gasteiger partial charge in [-0.25, -0.2) is 0 Å². The van der Waals surface area contributed by atoms with Crippen molar-refractivity contribution in [2.45, 2.75) is 31.8 Å². The number of piperidine rings is 1. The first-order valence-electron chi connectivity index (χ1n) is 7.04. The number of nitrogens with zero attached hydrogens (tertiary/aromatic N) is 3. The average molecular weight is 273 g/mol. The van der Waals surface area contributed by atoms with E-state index >= 15 is 0 Å². The molecular formula is C15H19N3O2. The zero-order valence-corrected chi connectivity index (χ0v) is 11.6. The molecule has 3 rings (SSSR count). The SMILES string of the molecule is Cn1nc(CN2CCCCC2C(=O)O)c2ccccc21. The fraction of sp³-hybridized carbons (Fsp3) is 0.467. The van der Waals surface area contributed by atoms with Crippen LogP contribution in [0.3, 0.4) is 0 Å². The highest BCUT2D eigenvalue weighted by molar-refractivity contribution is 5.82. The van der Waals surface area contributed by atoms with Crippen LogP contribution in [-0.4, -0.2) is 38.3 Å². The summed E-state index contributed by atoms with van der Waals surface area (Å²) in [6.45, 7) is 1.44. The molecule has 0 radical (unpaired) electrons. The van der Waals surface area contributed by atoms with E-state index in [-0.39, 0.29) is 6.04 Å². The van der Waals surface area contributed by atoms with E-state index in [1.165, 1.54) is 0 Å². The van der Waals surface area contributed by atoms with Gasteiger partial charge in [-0.3, -0.25) is 14.4 Å². The second-order valence-electron chi connectivity index (χ2n) is 5.41. The minimum absolute atomic E-state index is 0.371. The maximum absolute atomic E-state index is 11.4. The van der Waals surface area contributed by atoms with E-state index in [1.807, 2.05) is 34.8 Å². The molecule has 1 N–H and O–H groups in total. The predicted octanol–water partition coefficient (Wildman–Crippen LogP) is 2.01.